The van der Waals surface area contributed by atoms with Crippen molar-refractivity contribution in [1.29, 1.82) is 0 Å². The van der Waals surface area contributed by atoms with Crippen LogP contribution in [0.25, 0.3) is 33.3 Å². The number of rotatable bonds is 3. The van der Waals surface area contributed by atoms with E-state index in [-0.39, 0.29) is 12.3 Å². The number of benzene rings is 1. The second kappa shape index (κ2) is 5.21. The second-order valence-corrected chi connectivity index (χ2v) is 5.63. The quantitative estimate of drug-likeness (QED) is 0.536. The Balaban J connectivity index is 2.12. The highest BCUT2D eigenvalue weighted by Crippen LogP contribution is 2.34. The predicted octanol–water partition coefficient (Wildman–Crippen LogP) is 3.48. The molecule has 0 aliphatic rings. The lowest BCUT2D eigenvalue weighted by atomic mass is 10.1. The van der Waals surface area contributed by atoms with E-state index in [9.17, 15) is 15.0 Å². The maximum Gasteiger partial charge on any atom is 0.354 e. The van der Waals surface area contributed by atoms with Gasteiger partial charge in [-0.15, -0.1) is 0 Å². The van der Waals surface area contributed by atoms with E-state index in [1.807, 2.05) is 25.1 Å². The number of aromatic amines is 1. The van der Waals surface area contributed by atoms with Gasteiger partial charge in [0.2, 0.25) is 0 Å². The number of nitrogens with one attached hydrogen (secondary N) is 1. The Morgan fingerprint density at radius 3 is 2.75 bits per heavy atom. The Bertz CT molecular complexity index is 1090. The van der Waals surface area contributed by atoms with Crippen LogP contribution in [0.4, 0.5) is 0 Å². The van der Waals surface area contributed by atoms with E-state index < -0.39 is 5.97 Å². The summed E-state index contributed by atoms with van der Waals surface area (Å²) < 4.78 is 5.56. The van der Waals surface area contributed by atoms with Crippen molar-refractivity contribution in [3.05, 3.63) is 53.4 Å². The molecule has 4 aromatic rings. The third-order valence-corrected chi connectivity index (χ3v) is 4.10. The van der Waals surface area contributed by atoms with Crippen LogP contribution < -0.4 is 0 Å². The molecule has 120 valence electrons. The van der Waals surface area contributed by atoms with E-state index >= 15 is 0 Å². The number of nitrogens with zero attached hydrogens (tertiary/aromatic N) is 1. The number of carbonyl (C=O) groups is 1. The molecule has 0 radical (unpaired) electrons. The SMILES string of the molecule is Cc1cccc2c1[nH]c1c(-c3ccc(CO)o3)nc(C(=O)O)cc12. The molecule has 0 unspecified atom stereocenters. The Labute approximate surface area is 136 Å². The molecule has 3 N–H and O–H groups in total. The van der Waals surface area contributed by atoms with Gasteiger partial charge in [0.15, 0.2) is 5.76 Å². The molecule has 0 amide bonds. The maximum absolute atomic E-state index is 11.5. The Morgan fingerprint density at radius 2 is 2.04 bits per heavy atom. The number of fused-ring (bicyclic) bond motifs is 3. The van der Waals surface area contributed by atoms with E-state index in [0.29, 0.717) is 22.7 Å². The van der Waals surface area contributed by atoms with Crippen LogP contribution in [0.2, 0.25) is 0 Å². The number of aromatic nitrogens is 2. The lowest BCUT2D eigenvalue weighted by molar-refractivity contribution is 0.0691. The van der Waals surface area contributed by atoms with Crippen molar-refractivity contribution in [1.82, 2.24) is 9.97 Å². The standard InChI is InChI=1S/C18H14N2O4/c1-9-3-2-4-11-12-7-13(18(22)23)19-17(16(12)20-15(9)11)14-6-5-10(8-21)24-14/h2-7,20-21H,8H2,1H3,(H,22,23). The number of aliphatic hydroxyl groups is 1. The van der Waals surface area contributed by atoms with Crippen LogP contribution in [0.3, 0.4) is 0 Å². The Morgan fingerprint density at radius 1 is 1.21 bits per heavy atom. The van der Waals surface area contributed by atoms with E-state index in [4.69, 9.17) is 4.42 Å². The van der Waals surface area contributed by atoms with Gasteiger partial charge in [0.25, 0.3) is 0 Å². The van der Waals surface area contributed by atoms with Crippen molar-refractivity contribution >= 4 is 27.8 Å². The number of carboxylic acids is 1. The third kappa shape index (κ3) is 2.08. The normalized spacial score (nSPS) is 11.4. The minimum atomic E-state index is -1.10. The van der Waals surface area contributed by atoms with Gasteiger partial charge in [-0.25, -0.2) is 9.78 Å². The lowest BCUT2D eigenvalue weighted by Gasteiger charge is -2.02. The molecule has 6 nitrogen and oxygen atoms in total. The number of furan rings is 1. The highest BCUT2D eigenvalue weighted by molar-refractivity contribution is 6.13. The summed E-state index contributed by atoms with van der Waals surface area (Å²) in [6.07, 6.45) is 0. The first-order chi connectivity index (χ1) is 11.6. The zero-order valence-corrected chi connectivity index (χ0v) is 12.8. The average Bonchev–Trinajstić information content (AvgIpc) is 3.19. The summed E-state index contributed by atoms with van der Waals surface area (Å²) in [5, 5.41) is 20.3. The highest BCUT2D eigenvalue weighted by atomic mass is 16.4. The molecule has 4 rings (SSSR count). The summed E-state index contributed by atoms with van der Waals surface area (Å²) in [5.41, 5.74) is 3.07. The van der Waals surface area contributed by atoms with Crippen molar-refractivity contribution in [2.45, 2.75) is 13.5 Å². The van der Waals surface area contributed by atoms with E-state index in [0.717, 1.165) is 21.9 Å². The smallest absolute Gasteiger partial charge is 0.354 e. The molecule has 0 aliphatic heterocycles. The molecule has 0 bridgehead atoms. The summed E-state index contributed by atoms with van der Waals surface area (Å²) in [5.74, 6) is -0.293. The molecule has 0 saturated heterocycles. The second-order valence-electron chi connectivity index (χ2n) is 5.63. The molecule has 24 heavy (non-hydrogen) atoms. The minimum Gasteiger partial charge on any atom is -0.477 e. The molecule has 6 heteroatoms. The van der Waals surface area contributed by atoms with Crippen LogP contribution >= 0.6 is 0 Å². The van der Waals surface area contributed by atoms with Gasteiger partial charge in [-0.2, -0.15) is 0 Å². The van der Waals surface area contributed by atoms with Crippen LogP contribution in [-0.2, 0) is 6.61 Å². The zero-order chi connectivity index (χ0) is 16.8. The fourth-order valence-corrected chi connectivity index (χ4v) is 2.95. The van der Waals surface area contributed by atoms with Crippen LogP contribution in [0.5, 0.6) is 0 Å². The number of pyridine rings is 1. The number of aryl methyl sites for hydroxylation is 1. The van der Waals surface area contributed by atoms with Crippen LogP contribution in [0, 0.1) is 6.92 Å². The molecule has 0 spiro atoms. The first kappa shape index (κ1) is 14.5. The van der Waals surface area contributed by atoms with Gasteiger partial charge in [0.1, 0.15) is 23.8 Å². The van der Waals surface area contributed by atoms with Crippen LogP contribution in [0.1, 0.15) is 21.8 Å². The van der Waals surface area contributed by atoms with Crippen molar-refractivity contribution in [2.75, 3.05) is 0 Å². The lowest BCUT2D eigenvalue weighted by Crippen LogP contribution is -2.01. The fourth-order valence-electron chi connectivity index (χ4n) is 2.95. The summed E-state index contributed by atoms with van der Waals surface area (Å²) in [4.78, 5) is 19.0. The number of para-hydroxylation sites is 1. The highest BCUT2D eigenvalue weighted by Gasteiger charge is 2.19. The maximum atomic E-state index is 11.5. The van der Waals surface area contributed by atoms with Crippen molar-refractivity contribution in [2.24, 2.45) is 0 Å². The summed E-state index contributed by atoms with van der Waals surface area (Å²) in [6.45, 7) is 1.76. The summed E-state index contributed by atoms with van der Waals surface area (Å²) in [6, 6.07) is 10.7. The third-order valence-electron chi connectivity index (χ3n) is 4.10. The molecule has 0 atom stereocenters. The molecule has 0 aliphatic carbocycles. The monoisotopic (exact) mass is 322 g/mol. The fraction of sp³-hybridized carbons (Fsp3) is 0.111. The molecular formula is C18H14N2O4. The van der Waals surface area contributed by atoms with Gasteiger partial charge in [0.05, 0.1) is 5.52 Å². The van der Waals surface area contributed by atoms with Crippen molar-refractivity contribution in [3.8, 4) is 11.5 Å². The van der Waals surface area contributed by atoms with Crippen LogP contribution in [0.15, 0.2) is 40.8 Å². The number of carboxylic acid groups (broad SMARTS) is 1. The zero-order valence-electron chi connectivity index (χ0n) is 12.8. The first-order valence-electron chi connectivity index (χ1n) is 7.44. The van der Waals surface area contributed by atoms with E-state index in [1.165, 1.54) is 0 Å². The average molecular weight is 322 g/mol. The topological polar surface area (TPSA) is 99.4 Å². The van der Waals surface area contributed by atoms with Crippen LogP contribution in [-0.4, -0.2) is 26.2 Å². The number of hydrogen-bond acceptors (Lipinski definition) is 4. The summed E-state index contributed by atoms with van der Waals surface area (Å²) in [7, 11) is 0. The van der Waals surface area contributed by atoms with Crippen molar-refractivity contribution in [3.63, 3.8) is 0 Å². The van der Waals surface area contributed by atoms with Crippen molar-refractivity contribution < 1.29 is 19.4 Å². The minimum absolute atomic E-state index is 0.0538. The summed E-state index contributed by atoms with van der Waals surface area (Å²) >= 11 is 0. The van der Waals surface area contributed by atoms with Gasteiger partial charge in [-0.05, 0) is 30.7 Å². The molecule has 3 heterocycles. The molecular weight excluding hydrogens is 308 g/mol. The number of aromatic carboxylic acids is 1. The largest absolute Gasteiger partial charge is 0.477 e. The number of aliphatic hydroxyl groups excluding tert-OH is 1. The molecule has 3 aromatic heterocycles. The first-order valence-corrected chi connectivity index (χ1v) is 7.44. The Kier molecular flexibility index (Phi) is 3.14. The molecule has 1 aromatic carbocycles. The van der Waals surface area contributed by atoms with Gasteiger partial charge in [-0.1, -0.05) is 18.2 Å². The molecule has 0 saturated carbocycles. The molecule has 0 fully saturated rings. The van der Waals surface area contributed by atoms with Gasteiger partial charge < -0.3 is 19.6 Å². The number of H-pyrrole nitrogens is 1. The van der Waals surface area contributed by atoms with Gasteiger partial charge in [-0.3, -0.25) is 0 Å². The predicted molar refractivity (Wildman–Crippen MR) is 88.9 cm³/mol. The Hall–Kier alpha value is -3.12. The van der Waals surface area contributed by atoms with Gasteiger partial charge in [0, 0.05) is 16.3 Å². The van der Waals surface area contributed by atoms with E-state index in [1.54, 1.807) is 18.2 Å². The number of hydrogen-bond donors (Lipinski definition) is 3. The van der Waals surface area contributed by atoms with E-state index in [2.05, 4.69) is 9.97 Å². The van der Waals surface area contributed by atoms with Gasteiger partial charge >= 0.3 is 5.97 Å².